The molecule has 116 valence electrons. The van der Waals surface area contributed by atoms with Gasteiger partial charge in [0, 0.05) is 12.8 Å². The van der Waals surface area contributed by atoms with Crippen molar-refractivity contribution in [1.82, 2.24) is 5.32 Å². The van der Waals surface area contributed by atoms with Crippen molar-refractivity contribution in [2.24, 2.45) is 5.73 Å². The van der Waals surface area contributed by atoms with Gasteiger partial charge in [0.15, 0.2) is 11.5 Å². The Kier molecular flexibility index (Phi) is 6.48. The molecule has 1 amide bonds. The van der Waals surface area contributed by atoms with E-state index in [1.807, 2.05) is 0 Å². The van der Waals surface area contributed by atoms with E-state index < -0.39 is 12.0 Å². The smallest absolute Gasteiger partial charge is 0.326 e. The summed E-state index contributed by atoms with van der Waals surface area (Å²) in [7, 11) is 0. The van der Waals surface area contributed by atoms with Crippen molar-refractivity contribution in [2.45, 2.75) is 31.7 Å². The van der Waals surface area contributed by atoms with E-state index in [4.69, 9.17) is 10.8 Å². The zero-order valence-corrected chi connectivity index (χ0v) is 11.6. The fraction of sp³-hybridized carbons (Fsp3) is 0.429. The molecule has 0 heterocycles. The second kappa shape index (κ2) is 8.11. The van der Waals surface area contributed by atoms with Gasteiger partial charge in [-0.1, -0.05) is 6.07 Å². The average molecular weight is 296 g/mol. The summed E-state index contributed by atoms with van der Waals surface area (Å²) >= 11 is 0. The molecular formula is C14H20N2O5. The van der Waals surface area contributed by atoms with Gasteiger partial charge in [0.2, 0.25) is 5.91 Å². The van der Waals surface area contributed by atoms with E-state index in [1.165, 1.54) is 18.2 Å². The first-order valence-electron chi connectivity index (χ1n) is 6.67. The van der Waals surface area contributed by atoms with Crippen LogP contribution in [0.15, 0.2) is 18.2 Å². The molecule has 0 spiro atoms. The third-order valence-electron chi connectivity index (χ3n) is 2.97. The fourth-order valence-electron chi connectivity index (χ4n) is 1.83. The third-order valence-corrected chi connectivity index (χ3v) is 2.97. The number of carboxylic acid groups (broad SMARTS) is 1. The highest BCUT2D eigenvalue weighted by atomic mass is 16.4. The van der Waals surface area contributed by atoms with Crippen molar-refractivity contribution in [3.05, 3.63) is 23.8 Å². The lowest BCUT2D eigenvalue weighted by Crippen LogP contribution is -2.42. The molecule has 6 N–H and O–H groups in total. The second-order valence-electron chi connectivity index (χ2n) is 4.73. The maximum atomic E-state index is 11.6. The first kappa shape index (κ1) is 16.8. The van der Waals surface area contributed by atoms with Crippen LogP contribution in [0.25, 0.3) is 0 Å². The Labute approximate surface area is 122 Å². The van der Waals surface area contributed by atoms with Crippen LogP contribution < -0.4 is 11.1 Å². The summed E-state index contributed by atoms with van der Waals surface area (Å²) in [5, 5.41) is 30.2. The molecular weight excluding hydrogens is 276 g/mol. The van der Waals surface area contributed by atoms with Crippen LogP contribution in [0.3, 0.4) is 0 Å². The molecule has 1 rings (SSSR count). The number of carboxylic acids is 1. The summed E-state index contributed by atoms with van der Waals surface area (Å²) in [5.41, 5.74) is 5.82. The van der Waals surface area contributed by atoms with E-state index in [2.05, 4.69) is 5.32 Å². The SMILES string of the molecule is NCCCCC(=O)N[C@@H](Cc1ccc(O)c(O)c1)C(=O)O. The van der Waals surface area contributed by atoms with Gasteiger partial charge >= 0.3 is 5.97 Å². The van der Waals surface area contributed by atoms with E-state index in [1.54, 1.807) is 0 Å². The first-order valence-corrected chi connectivity index (χ1v) is 6.67. The number of phenols is 2. The second-order valence-corrected chi connectivity index (χ2v) is 4.73. The van der Waals surface area contributed by atoms with E-state index in [0.717, 1.165) is 0 Å². The number of aromatic hydroxyl groups is 2. The number of amides is 1. The minimum atomic E-state index is -1.16. The molecule has 0 aliphatic rings. The van der Waals surface area contributed by atoms with E-state index >= 15 is 0 Å². The molecule has 1 aromatic rings. The Morgan fingerprint density at radius 1 is 1.19 bits per heavy atom. The fourth-order valence-corrected chi connectivity index (χ4v) is 1.83. The van der Waals surface area contributed by atoms with Crippen molar-refractivity contribution in [2.75, 3.05) is 6.54 Å². The van der Waals surface area contributed by atoms with Crippen LogP contribution in [0.2, 0.25) is 0 Å². The van der Waals surface area contributed by atoms with Crippen LogP contribution >= 0.6 is 0 Å². The van der Waals surface area contributed by atoms with Crippen LogP contribution in [0.1, 0.15) is 24.8 Å². The van der Waals surface area contributed by atoms with Gasteiger partial charge in [-0.05, 0) is 37.1 Å². The monoisotopic (exact) mass is 296 g/mol. The predicted molar refractivity (Wildman–Crippen MR) is 75.9 cm³/mol. The highest BCUT2D eigenvalue weighted by molar-refractivity contribution is 5.83. The summed E-state index contributed by atoms with van der Waals surface area (Å²) in [6, 6.07) is 2.95. The van der Waals surface area contributed by atoms with Crippen molar-refractivity contribution < 1.29 is 24.9 Å². The largest absolute Gasteiger partial charge is 0.504 e. The lowest BCUT2D eigenvalue weighted by atomic mass is 10.0. The number of rotatable bonds is 8. The number of nitrogens with two attached hydrogens (primary N) is 1. The van der Waals surface area contributed by atoms with Crippen molar-refractivity contribution in [3.63, 3.8) is 0 Å². The molecule has 7 nitrogen and oxygen atoms in total. The Hall–Kier alpha value is -2.28. The molecule has 0 aliphatic heterocycles. The van der Waals surface area contributed by atoms with Gasteiger partial charge in [-0.25, -0.2) is 4.79 Å². The highest BCUT2D eigenvalue weighted by Gasteiger charge is 2.20. The minimum absolute atomic E-state index is 0.0196. The molecule has 0 radical (unpaired) electrons. The molecule has 0 aromatic heterocycles. The average Bonchev–Trinajstić information content (AvgIpc) is 2.42. The Balaban J connectivity index is 2.63. The molecule has 1 atom stereocenters. The third kappa shape index (κ3) is 5.70. The molecule has 0 saturated heterocycles. The van der Waals surface area contributed by atoms with Crippen LogP contribution in [-0.4, -0.2) is 39.8 Å². The quantitative estimate of drug-likeness (QED) is 0.347. The zero-order valence-electron chi connectivity index (χ0n) is 11.6. The summed E-state index contributed by atoms with van der Waals surface area (Å²) in [6.45, 7) is 0.489. The maximum absolute atomic E-state index is 11.6. The van der Waals surface area contributed by atoms with E-state index in [0.29, 0.717) is 24.9 Å². The van der Waals surface area contributed by atoms with Gasteiger partial charge in [-0.2, -0.15) is 0 Å². The summed E-state index contributed by atoms with van der Waals surface area (Å²) in [4.78, 5) is 22.8. The number of aliphatic carboxylic acids is 1. The number of unbranched alkanes of at least 4 members (excludes halogenated alkanes) is 1. The summed E-state index contributed by atoms with van der Waals surface area (Å²) < 4.78 is 0. The van der Waals surface area contributed by atoms with Gasteiger partial charge in [-0.3, -0.25) is 4.79 Å². The predicted octanol–water partition coefficient (Wildman–Crippen LogP) is 0.339. The minimum Gasteiger partial charge on any atom is -0.504 e. The lowest BCUT2D eigenvalue weighted by molar-refractivity contribution is -0.141. The number of nitrogens with one attached hydrogen (secondary N) is 1. The van der Waals surface area contributed by atoms with Crippen molar-refractivity contribution >= 4 is 11.9 Å². The Bertz CT molecular complexity index is 504. The molecule has 21 heavy (non-hydrogen) atoms. The van der Waals surface area contributed by atoms with Gasteiger partial charge in [0.05, 0.1) is 0 Å². The number of carbonyl (C=O) groups excluding carboxylic acids is 1. The van der Waals surface area contributed by atoms with Crippen LogP contribution in [-0.2, 0) is 16.0 Å². The van der Waals surface area contributed by atoms with Gasteiger partial charge < -0.3 is 26.4 Å². The van der Waals surface area contributed by atoms with Gasteiger partial charge in [0.1, 0.15) is 6.04 Å². The number of phenolic OH excluding ortho intramolecular Hbond substituents is 2. The first-order chi connectivity index (χ1) is 9.93. The lowest BCUT2D eigenvalue weighted by Gasteiger charge is -2.15. The topological polar surface area (TPSA) is 133 Å². The number of hydrogen-bond acceptors (Lipinski definition) is 5. The Morgan fingerprint density at radius 2 is 1.90 bits per heavy atom. The van der Waals surface area contributed by atoms with Gasteiger partial charge in [-0.15, -0.1) is 0 Å². The maximum Gasteiger partial charge on any atom is 0.326 e. The van der Waals surface area contributed by atoms with E-state index in [9.17, 15) is 19.8 Å². The van der Waals surface area contributed by atoms with E-state index in [-0.39, 0.29) is 30.2 Å². The molecule has 0 unspecified atom stereocenters. The highest BCUT2D eigenvalue weighted by Crippen LogP contribution is 2.25. The summed E-state index contributed by atoms with van der Waals surface area (Å²) in [5.74, 6) is -2.11. The molecule has 0 fully saturated rings. The normalized spacial score (nSPS) is 11.9. The number of hydrogen-bond donors (Lipinski definition) is 5. The molecule has 7 heteroatoms. The van der Waals surface area contributed by atoms with Crippen LogP contribution in [0.5, 0.6) is 11.5 Å². The molecule has 0 bridgehead atoms. The molecule has 0 aliphatic carbocycles. The van der Waals surface area contributed by atoms with Gasteiger partial charge in [0.25, 0.3) is 0 Å². The zero-order chi connectivity index (χ0) is 15.8. The standard InChI is InChI=1S/C14H20N2O5/c15-6-2-1-3-13(19)16-10(14(20)21)7-9-4-5-11(17)12(18)8-9/h4-5,8,10,17-18H,1-3,6-7,15H2,(H,16,19)(H,20,21)/t10-/m0/s1. The van der Waals surface area contributed by atoms with Crippen molar-refractivity contribution in [3.8, 4) is 11.5 Å². The Morgan fingerprint density at radius 3 is 2.48 bits per heavy atom. The number of benzene rings is 1. The molecule has 0 saturated carbocycles. The van der Waals surface area contributed by atoms with Crippen LogP contribution in [0, 0.1) is 0 Å². The number of carbonyl (C=O) groups is 2. The summed E-state index contributed by atoms with van der Waals surface area (Å²) in [6.07, 6.45) is 1.55. The van der Waals surface area contributed by atoms with Crippen molar-refractivity contribution in [1.29, 1.82) is 0 Å². The van der Waals surface area contributed by atoms with Crippen LogP contribution in [0.4, 0.5) is 0 Å². The molecule has 1 aromatic carbocycles.